The van der Waals surface area contributed by atoms with Gasteiger partial charge in [-0.15, -0.1) is 0 Å². The van der Waals surface area contributed by atoms with Gasteiger partial charge in [-0.2, -0.15) is 8.42 Å². The maximum Gasteiger partial charge on any atom is 0.418 e. The van der Waals surface area contributed by atoms with Gasteiger partial charge in [0.05, 0.1) is 6.26 Å². The van der Waals surface area contributed by atoms with Gasteiger partial charge in [0.15, 0.2) is 0 Å². The Bertz CT molecular complexity index is 365. The SMILES string of the molecule is O=C(O)NS(=O)(=O)c1ccco1. The van der Waals surface area contributed by atoms with E-state index in [0.717, 1.165) is 12.3 Å². The van der Waals surface area contributed by atoms with E-state index in [1.54, 1.807) is 0 Å². The molecule has 2 N–H and O–H groups in total. The van der Waals surface area contributed by atoms with Gasteiger partial charge in [0.2, 0.25) is 5.09 Å². The normalized spacial score (nSPS) is 11.0. The highest BCUT2D eigenvalue weighted by molar-refractivity contribution is 7.89. The van der Waals surface area contributed by atoms with Crippen molar-refractivity contribution in [1.29, 1.82) is 0 Å². The predicted molar refractivity (Wildman–Crippen MR) is 37.1 cm³/mol. The topological polar surface area (TPSA) is 96.6 Å². The number of carboxylic acid groups (broad SMARTS) is 1. The molecule has 0 saturated carbocycles. The Kier molecular flexibility index (Phi) is 2.05. The zero-order chi connectivity index (χ0) is 9.19. The molecule has 1 amide bonds. The molecule has 0 aliphatic carbocycles. The number of nitrogens with one attached hydrogen (secondary N) is 1. The van der Waals surface area contributed by atoms with Gasteiger partial charge in [0, 0.05) is 0 Å². The van der Waals surface area contributed by atoms with E-state index in [0.29, 0.717) is 0 Å². The van der Waals surface area contributed by atoms with Crippen LogP contribution >= 0.6 is 0 Å². The van der Waals surface area contributed by atoms with E-state index in [9.17, 15) is 13.2 Å². The molecule has 12 heavy (non-hydrogen) atoms. The van der Waals surface area contributed by atoms with E-state index in [1.807, 2.05) is 0 Å². The van der Waals surface area contributed by atoms with Crippen LogP contribution in [0.25, 0.3) is 0 Å². The molecule has 0 radical (unpaired) electrons. The summed E-state index contributed by atoms with van der Waals surface area (Å²) in [7, 11) is -4.03. The van der Waals surface area contributed by atoms with Crippen LogP contribution in [-0.2, 0) is 10.0 Å². The number of furan rings is 1. The Labute approximate surface area is 67.9 Å². The minimum absolute atomic E-state index is 0.426. The molecule has 1 aromatic heterocycles. The molecule has 6 nitrogen and oxygen atoms in total. The summed E-state index contributed by atoms with van der Waals surface area (Å²) in [5.41, 5.74) is 0. The van der Waals surface area contributed by atoms with Crippen molar-refractivity contribution in [1.82, 2.24) is 4.72 Å². The second-order valence-electron chi connectivity index (χ2n) is 1.84. The van der Waals surface area contributed by atoms with Crippen LogP contribution in [0.1, 0.15) is 0 Å². The first kappa shape index (κ1) is 8.60. The summed E-state index contributed by atoms with van der Waals surface area (Å²) in [4.78, 5) is 9.98. The molecule has 0 atom stereocenters. The van der Waals surface area contributed by atoms with Gasteiger partial charge in [0.25, 0.3) is 10.0 Å². The average Bonchev–Trinajstić information content (AvgIpc) is 2.32. The van der Waals surface area contributed by atoms with Crippen molar-refractivity contribution >= 4 is 16.1 Å². The minimum Gasteiger partial charge on any atom is -0.464 e. The standard InChI is InChI=1S/C5H5NO5S/c7-5(8)6-12(9,10)4-2-1-3-11-4/h1-3,6H,(H,7,8). The summed E-state index contributed by atoms with van der Waals surface area (Å²) < 4.78 is 27.6. The van der Waals surface area contributed by atoms with Crippen LogP contribution in [0.15, 0.2) is 27.9 Å². The van der Waals surface area contributed by atoms with Gasteiger partial charge in [-0.1, -0.05) is 0 Å². The van der Waals surface area contributed by atoms with Crippen LogP contribution in [-0.4, -0.2) is 19.6 Å². The highest BCUT2D eigenvalue weighted by atomic mass is 32.2. The molecule has 1 rings (SSSR count). The number of sulfonamides is 1. The summed E-state index contributed by atoms with van der Waals surface area (Å²) in [5, 5.41) is 7.69. The van der Waals surface area contributed by atoms with E-state index in [-0.39, 0.29) is 0 Å². The number of hydrogen-bond acceptors (Lipinski definition) is 4. The Morgan fingerprint density at radius 1 is 1.58 bits per heavy atom. The fourth-order valence-corrected chi connectivity index (χ4v) is 1.35. The van der Waals surface area contributed by atoms with Crippen LogP contribution in [0.5, 0.6) is 0 Å². The largest absolute Gasteiger partial charge is 0.464 e. The van der Waals surface area contributed by atoms with Gasteiger partial charge in [-0.3, -0.25) is 0 Å². The molecular weight excluding hydrogens is 186 g/mol. The maximum absolute atomic E-state index is 10.9. The molecule has 0 aliphatic heterocycles. The Balaban J connectivity index is 2.96. The van der Waals surface area contributed by atoms with Crippen molar-refractivity contribution in [3.05, 3.63) is 18.4 Å². The first-order valence-electron chi connectivity index (χ1n) is 2.81. The zero-order valence-electron chi connectivity index (χ0n) is 5.72. The molecule has 0 bridgehead atoms. The zero-order valence-corrected chi connectivity index (χ0v) is 6.54. The number of carbonyl (C=O) groups is 1. The van der Waals surface area contributed by atoms with Crippen molar-refractivity contribution in [2.24, 2.45) is 0 Å². The quantitative estimate of drug-likeness (QED) is 0.697. The van der Waals surface area contributed by atoms with Crippen LogP contribution in [0.4, 0.5) is 4.79 Å². The highest BCUT2D eigenvalue weighted by Crippen LogP contribution is 2.07. The molecule has 0 saturated heterocycles. The van der Waals surface area contributed by atoms with Gasteiger partial charge in [-0.05, 0) is 12.1 Å². The smallest absolute Gasteiger partial charge is 0.418 e. The van der Waals surface area contributed by atoms with Crippen molar-refractivity contribution in [3.8, 4) is 0 Å². The van der Waals surface area contributed by atoms with Crippen molar-refractivity contribution in [3.63, 3.8) is 0 Å². The average molecular weight is 191 g/mol. The van der Waals surface area contributed by atoms with E-state index in [2.05, 4.69) is 4.42 Å². The fourth-order valence-electron chi connectivity index (χ4n) is 0.582. The Hall–Kier alpha value is -1.50. The molecule has 66 valence electrons. The van der Waals surface area contributed by atoms with Crippen molar-refractivity contribution < 1.29 is 22.7 Å². The fraction of sp³-hybridized carbons (Fsp3) is 0. The number of amides is 1. The summed E-state index contributed by atoms with van der Waals surface area (Å²) >= 11 is 0. The summed E-state index contributed by atoms with van der Waals surface area (Å²) in [6, 6.07) is 2.49. The molecular formula is C5H5NO5S. The first-order valence-corrected chi connectivity index (χ1v) is 4.30. The van der Waals surface area contributed by atoms with E-state index >= 15 is 0 Å². The van der Waals surface area contributed by atoms with Gasteiger partial charge >= 0.3 is 6.09 Å². The Morgan fingerprint density at radius 2 is 2.25 bits per heavy atom. The van der Waals surface area contributed by atoms with E-state index in [4.69, 9.17) is 5.11 Å². The van der Waals surface area contributed by atoms with Crippen LogP contribution in [0.2, 0.25) is 0 Å². The van der Waals surface area contributed by atoms with Crippen LogP contribution in [0.3, 0.4) is 0 Å². The molecule has 1 heterocycles. The summed E-state index contributed by atoms with van der Waals surface area (Å²) in [6.45, 7) is 0. The monoisotopic (exact) mass is 191 g/mol. The lowest BCUT2D eigenvalue weighted by Crippen LogP contribution is -2.28. The van der Waals surface area contributed by atoms with Crippen molar-refractivity contribution in [2.45, 2.75) is 5.09 Å². The third-order valence-electron chi connectivity index (χ3n) is 0.982. The number of hydrogen-bond donors (Lipinski definition) is 2. The molecule has 0 fully saturated rings. The van der Waals surface area contributed by atoms with Gasteiger partial charge < -0.3 is 9.52 Å². The van der Waals surface area contributed by atoms with Crippen molar-refractivity contribution in [2.75, 3.05) is 0 Å². The maximum atomic E-state index is 10.9. The second-order valence-corrected chi connectivity index (χ2v) is 3.46. The van der Waals surface area contributed by atoms with Crippen LogP contribution in [0, 0.1) is 0 Å². The van der Waals surface area contributed by atoms with E-state index < -0.39 is 21.2 Å². The molecule has 0 unspecified atom stereocenters. The lowest BCUT2D eigenvalue weighted by Gasteiger charge is -1.97. The second kappa shape index (κ2) is 2.86. The van der Waals surface area contributed by atoms with E-state index in [1.165, 1.54) is 10.8 Å². The summed E-state index contributed by atoms with van der Waals surface area (Å²) in [6.07, 6.45) is -0.512. The Morgan fingerprint density at radius 3 is 2.67 bits per heavy atom. The third kappa shape index (κ3) is 1.76. The lowest BCUT2D eigenvalue weighted by molar-refractivity contribution is 0.201. The highest BCUT2D eigenvalue weighted by Gasteiger charge is 2.19. The molecule has 1 aromatic rings. The predicted octanol–water partition coefficient (Wildman–Crippen LogP) is 0.236. The molecule has 7 heteroatoms. The summed E-state index contributed by atoms with van der Waals surface area (Å²) in [5.74, 6) is 0. The van der Waals surface area contributed by atoms with Gasteiger partial charge in [0.1, 0.15) is 0 Å². The molecule has 0 spiro atoms. The third-order valence-corrected chi connectivity index (χ3v) is 2.19. The molecule has 0 aliphatic rings. The minimum atomic E-state index is -4.03. The number of rotatable bonds is 2. The van der Waals surface area contributed by atoms with Crippen LogP contribution < -0.4 is 4.72 Å². The lowest BCUT2D eigenvalue weighted by atomic mass is 10.7. The molecule has 0 aromatic carbocycles. The first-order chi connectivity index (χ1) is 5.52. The van der Waals surface area contributed by atoms with Gasteiger partial charge in [-0.25, -0.2) is 9.52 Å².